The molecule has 0 N–H and O–H groups in total. The van der Waals surface area contributed by atoms with Gasteiger partial charge in [0.1, 0.15) is 11.2 Å². The highest BCUT2D eigenvalue weighted by molar-refractivity contribution is 6.09. The third kappa shape index (κ3) is 2.41. The second kappa shape index (κ2) is 6.21. The van der Waals surface area contributed by atoms with Crippen LogP contribution in [0.3, 0.4) is 0 Å². The first-order chi connectivity index (χ1) is 14.4. The Morgan fingerprint density at radius 3 is 1.93 bits per heavy atom. The Morgan fingerprint density at radius 2 is 1.21 bits per heavy atom. The second-order valence-electron chi connectivity index (χ2n) is 6.84. The maximum absolute atomic E-state index is 4.96. The van der Waals surface area contributed by atoms with Gasteiger partial charge in [-0.15, -0.1) is 0 Å². The van der Waals surface area contributed by atoms with Crippen LogP contribution >= 0.6 is 0 Å². The summed E-state index contributed by atoms with van der Waals surface area (Å²) in [4.78, 5) is 18.7. The van der Waals surface area contributed by atoms with Gasteiger partial charge in [0.25, 0.3) is 0 Å². The maximum Gasteiger partial charge on any atom is 0.237 e. The van der Waals surface area contributed by atoms with E-state index in [0.29, 0.717) is 17.1 Å². The molecule has 0 saturated carbocycles. The molecule has 6 aromatic rings. The van der Waals surface area contributed by atoms with Crippen molar-refractivity contribution in [1.29, 1.82) is 0 Å². The first-order valence-electron chi connectivity index (χ1n) is 9.43. The minimum Gasteiger partial charge on any atom is -0.278 e. The lowest BCUT2D eigenvalue weighted by Crippen LogP contribution is -2.04. The highest BCUT2D eigenvalue weighted by atomic mass is 15.2. The van der Waals surface area contributed by atoms with E-state index in [4.69, 9.17) is 9.97 Å². The van der Waals surface area contributed by atoms with Crippen LogP contribution in [0.1, 0.15) is 0 Å². The standard InChI is InChI=1S/C24H15N5/c1-2-8-16(9-3-1)21-22-23(26-15-14-25-22)28-24(27-21)29-19-12-6-4-10-17(19)18-11-5-7-13-20(18)29/h1-15H. The fraction of sp³-hybridized carbons (Fsp3) is 0. The van der Waals surface area contributed by atoms with Gasteiger partial charge in [-0.3, -0.25) is 4.57 Å². The van der Waals surface area contributed by atoms with Crippen molar-refractivity contribution in [3.05, 3.63) is 91.3 Å². The predicted molar refractivity (Wildman–Crippen MR) is 115 cm³/mol. The molecule has 0 spiro atoms. The number of hydrogen-bond donors (Lipinski definition) is 0. The summed E-state index contributed by atoms with van der Waals surface area (Å²) in [6.45, 7) is 0. The minimum atomic E-state index is 0.582. The van der Waals surface area contributed by atoms with E-state index in [1.807, 2.05) is 42.5 Å². The Kier molecular flexibility index (Phi) is 3.40. The molecular weight excluding hydrogens is 358 g/mol. The highest BCUT2D eigenvalue weighted by Crippen LogP contribution is 2.32. The van der Waals surface area contributed by atoms with Crippen molar-refractivity contribution >= 4 is 33.0 Å². The summed E-state index contributed by atoms with van der Waals surface area (Å²) in [5.41, 5.74) is 5.18. The molecule has 0 saturated heterocycles. The molecule has 0 aliphatic carbocycles. The normalized spacial score (nSPS) is 11.4. The van der Waals surface area contributed by atoms with Crippen LogP contribution in [0.2, 0.25) is 0 Å². The van der Waals surface area contributed by atoms with Gasteiger partial charge in [-0.05, 0) is 12.1 Å². The van der Waals surface area contributed by atoms with Crippen LogP contribution < -0.4 is 0 Å². The summed E-state index contributed by atoms with van der Waals surface area (Å²) < 4.78 is 2.10. The molecule has 0 radical (unpaired) electrons. The Balaban J connectivity index is 1.75. The molecule has 0 fully saturated rings. The average molecular weight is 373 g/mol. The summed E-state index contributed by atoms with van der Waals surface area (Å²) >= 11 is 0. The zero-order valence-corrected chi connectivity index (χ0v) is 15.4. The number of rotatable bonds is 2. The zero-order chi connectivity index (χ0) is 19.2. The summed E-state index contributed by atoms with van der Waals surface area (Å²) in [5, 5.41) is 2.35. The predicted octanol–water partition coefficient (Wildman–Crippen LogP) is 5.18. The Labute approximate surface area is 166 Å². The number of aromatic nitrogens is 5. The summed E-state index contributed by atoms with van der Waals surface area (Å²) in [7, 11) is 0. The summed E-state index contributed by atoms with van der Waals surface area (Å²) in [6.07, 6.45) is 3.35. The van der Waals surface area contributed by atoms with Crippen molar-refractivity contribution in [2.75, 3.05) is 0 Å². The van der Waals surface area contributed by atoms with E-state index in [0.717, 1.165) is 22.3 Å². The van der Waals surface area contributed by atoms with Crippen molar-refractivity contribution in [2.24, 2.45) is 0 Å². The third-order valence-corrected chi connectivity index (χ3v) is 5.15. The first-order valence-corrected chi connectivity index (χ1v) is 9.43. The van der Waals surface area contributed by atoms with E-state index in [2.05, 4.69) is 50.9 Å². The van der Waals surface area contributed by atoms with E-state index < -0.39 is 0 Å². The molecule has 0 unspecified atom stereocenters. The van der Waals surface area contributed by atoms with Crippen molar-refractivity contribution in [1.82, 2.24) is 24.5 Å². The average Bonchev–Trinajstić information content (AvgIpc) is 3.13. The van der Waals surface area contributed by atoms with Gasteiger partial charge < -0.3 is 0 Å². The molecule has 29 heavy (non-hydrogen) atoms. The van der Waals surface area contributed by atoms with Crippen LogP contribution in [0.5, 0.6) is 0 Å². The molecule has 5 nitrogen and oxygen atoms in total. The van der Waals surface area contributed by atoms with Crippen LogP contribution in [0.25, 0.3) is 50.2 Å². The van der Waals surface area contributed by atoms with Crippen LogP contribution in [0.15, 0.2) is 91.3 Å². The molecule has 0 amide bonds. The van der Waals surface area contributed by atoms with Crippen LogP contribution in [0, 0.1) is 0 Å². The Bertz CT molecular complexity index is 1450. The number of para-hydroxylation sites is 2. The van der Waals surface area contributed by atoms with E-state index in [1.165, 1.54) is 10.8 Å². The lowest BCUT2D eigenvalue weighted by atomic mass is 10.1. The van der Waals surface area contributed by atoms with E-state index in [9.17, 15) is 0 Å². The van der Waals surface area contributed by atoms with Gasteiger partial charge in [0.2, 0.25) is 5.95 Å². The van der Waals surface area contributed by atoms with Gasteiger partial charge in [0, 0.05) is 28.7 Å². The molecule has 0 aliphatic heterocycles. The monoisotopic (exact) mass is 373 g/mol. The second-order valence-corrected chi connectivity index (χ2v) is 6.84. The molecule has 3 aromatic carbocycles. The van der Waals surface area contributed by atoms with E-state index in [-0.39, 0.29) is 0 Å². The number of benzene rings is 3. The molecule has 0 aliphatic rings. The van der Waals surface area contributed by atoms with E-state index >= 15 is 0 Å². The topological polar surface area (TPSA) is 56.5 Å². The van der Waals surface area contributed by atoms with Crippen LogP contribution in [-0.2, 0) is 0 Å². The quantitative estimate of drug-likeness (QED) is 0.419. The lowest BCUT2D eigenvalue weighted by molar-refractivity contribution is 0.998. The van der Waals surface area contributed by atoms with Crippen LogP contribution in [-0.4, -0.2) is 24.5 Å². The Morgan fingerprint density at radius 1 is 0.586 bits per heavy atom. The molecule has 5 heteroatoms. The summed E-state index contributed by atoms with van der Waals surface area (Å²) in [6, 6.07) is 26.7. The van der Waals surface area contributed by atoms with Gasteiger partial charge in [-0.2, -0.15) is 4.98 Å². The number of fused-ring (bicyclic) bond motifs is 4. The first kappa shape index (κ1) is 15.9. The van der Waals surface area contributed by atoms with Gasteiger partial charge in [0.15, 0.2) is 5.65 Å². The van der Waals surface area contributed by atoms with Crippen molar-refractivity contribution in [2.45, 2.75) is 0 Å². The smallest absolute Gasteiger partial charge is 0.237 e. The largest absolute Gasteiger partial charge is 0.278 e. The van der Waals surface area contributed by atoms with Gasteiger partial charge in [-0.25, -0.2) is 15.0 Å². The molecule has 6 rings (SSSR count). The molecule has 136 valence electrons. The zero-order valence-electron chi connectivity index (χ0n) is 15.4. The van der Waals surface area contributed by atoms with Crippen molar-refractivity contribution in [3.8, 4) is 17.2 Å². The number of nitrogens with zero attached hydrogens (tertiary/aromatic N) is 5. The maximum atomic E-state index is 4.96. The van der Waals surface area contributed by atoms with E-state index in [1.54, 1.807) is 12.4 Å². The molecule has 3 heterocycles. The minimum absolute atomic E-state index is 0.582. The molecule has 3 aromatic heterocycles. The molecule has 0 bridgehead atoms. The fourth-order valence-corrected chi connectivity index (χ4v) is 3.89. The van der Waals surface area contributed by atoms with Crippen molar-refractivity contribution in [3.63, 3.8) is 0 Å². The third-order valence-electron chi connectivity index (χ3n) is 5.15. The fourth-order valence-electron chi connectivity index (χ4n) is 3.89. The SMILES string of the molecule is c1ccc(-c2nc(-n3c4ccccc4c4ccccc43)nc3nccnc23)cc1. The highest BCUT2D eigenvalue weighted by Gasteiger charge is 2.17. The number of hydrogen-bond acceptors (Lipinski definition) is 4. The Hall–Kier alpha value is -4.12. The van der Waals surface area contributed by atoms with Gasteiger partial charge in [0.05, 0.1) is 11.0 Å². The molecule has 0 atom stereocenters. The summed E-state index contributed by atoms with van der Waals surface area (Å²) in [5.74, 6) is 0.592. The van der Waals surface area contributed by atoms with Gasteiger partial charge >= 0.3 is 0 Å². The van der Waals surface area contributed by atoms with Gasteiger partial charge in [-0.1, -0.05) is 66.7 Å². The lowest BCUT2D eigenvalue weighted by Gasteiger charge is -2.10. The van der Waals surface area contributed by atoms with Crippen molar-refractivity contribution < 1.29 is 0 Å². The molecular formula is C24H15N5. The van der Waals surface area contributed by atoms with Crippen LogP contribution in [0.4, 0.5) is 0 Å².